The lowest BCUT2D eigenvalue weighted by atomic mass is 10.2. The molecule has 9 heteroatoms. The van der Waals surface area contributed by atoms with Crippen molar-refractivity contribution in [2.75, 3.05) is 33.3 Å². The average Bonchev–Trinajstić information content (AvgIpc) is 3.21. The SMILES string of the molecule is CCc1nccn1[C@@H](C)C(=O)N1CCN(S(=O)(=O)c2ccc(OC)cc2)CC1. The standard InChI is InChI=1S/C19H26N4O4S/c1-4-18-20-9-10-23(18)15(2)19(24)21-11-13-22(14-12-21)28(25,26)17-7-5-16(27-3)6-8-17/h5-10,15H,4,11-14H2,1-3H3/t15-/m0/s1. The number of hydrogen-bond acceptors (Lipinski definition) is 5. The van der Waals surface area contributed by atoms with Crippen molar-refractivity contribution in [1.29, 1.82) is 0 Å². The third-order valence-electron chi connectivity index (χ3n) is 5.09. The molecule has 28 heavy (non-hydrogen) atoms. The number of rotatable bonds is 6. The maximum absolute atomic E-state index is 12.9. The molecule has 1 fully saturated rings. The summed E-state index contributed by atoms with van der Waals surface area (Å²) >= 11 is 0. The minimum atomic E-state index is -3.59. The van der Waals surface area contributed by atoms with Crippen LogP contribution in [-0.4, -0.2) is 66.4 Å². The average molecular weight is 407 g/mol. The molecule has 1 aliphatic heterocycles. The van der Waals surface area contributed by atoms with Gasteiger partial charge in [-0.1, -0.05) is 6.92 Å². The Morgan fingerprint density at radius 3 is 2.39 bits per heavy atom. The van der Waals surface area contributed by atoms with Gasteiger partial charge in [-0.3, -0.25) is 4.79 Å². The first-order chi connectivity index (χ1) is 13.4. The fourth-order valence-electron chi connectivity index (χ4n) is 3.40. The lowest BCUT2D eigenvalue weighted by molar-refractivity contribution is -0.135. The molecule has 0 spiro atoms. The summed E-state index contributed by atoms with van der Waals surface area (Å²) in [7, 11) is -2.05. The Labute approximate surface area is 165 Å². The van der Waals surface area contributed by atoms with E-state index >= 15 is 0 Å². The molecule has 1 aliphatic rings. The minimum absolute atomic E-state index is 0.0193. The van der Waals surface area contributed by atoms with Crippen molar-refractivity contribution in [3.8, 4) is 5.75 Å². The lowest BCUT2D eigenvalue weighted by Gasteiger charge is -2.35. The highest BCUT2D eigenvalue weighted by atomic mass is 32.2. The van der Waals surface area contributed by atoms with Gasteiger partial charge in [-0.25, -0.2) is 13.4 Å². The Morgan fingerprint density at radius 1 is 1.18 bits per heavy atom. The van der Waals surface area contributed by atoms with Crippen LogP contribution in [0, 0.1) is 0 Å². The first-order valence-electron chi connectivity index (χ1n) is 9.33. The van der Waals surface area contributed by atoms with Gasteiger partial charge in [-0.2, -0.15) is 4.31 Å². The van der Waals surface area contributed by atoms with Crippen LogP contribution in [0.25, 0.3) is 0 Å². The largest absolute Gasteiger partial charge is 0.497 e. The lowest BCUT2D eigenvalue weighted by Crippen LogP contribution is -2.51. The molecular formula is C19H26N4O4S. The fourth-order valence-corrected chi connectivity index (χ4v) is 4.82. The minimum Gasteiger partial charge on any atom is -0.497 e. The highest BCUT2D eigenvalue weighted by molar-refractivity contribution is 7.89. The Kier molecular flexibility index (Phi) is 6.04. The number of amides is 1. The van der Waals surface area contributed by atoms with Gasteiger partial charge in [0.1, 0.15) is 17.6 Å². The summed E-state index contributed by atoms with van der Waals surface area (Å²) in [6, 6.07) is 5.98. The number of piperazine rings is 1. The molecule has 0 saturated carbocycles. The number of benzene rings is 1. The van der Waals surface area contributed by atoms with Gasteiger partial charge in [0.05, 0.1) is 12.0 Å². The molecule has 1 atom stereocenters. The summed E-state index contributed by atoms with van der Waals surface area (Å²) in [6.45, 7) is 5.14. The first kappa shape index (κ1) is 20.3. The molecule has 0 aliphatic carbocycles. The van der Waals surface area contributed by atoms with Gasteiger partial charge < -0.3 is 14.2 Å². The molecule has 0 N–H and O–H groups in total. The zero-order valence-electron chi connectivity index (χ0n) is 16.4. The second-order valence-corrected chi connectivity index (χ2v) is 8.62. The molecule has 1 aromatic heterocycles. The van der Waals surface area contributed by atoms with Crippen LogP contribution in [0.2, 0.25) is 0 Å². The molecule has 1 saturated heterocycles. The van der Waals surface area contributed by atoms with Gasteiger partial charge in [0.2, 0.25) is 15.9 Å². The molecule has 2 aromatic rings. The maximum atomic E-state index is 12.9. The van der Waals surface area contributed by atoms with Crippen molar-refractivity contribution in [3.05, 3.63) is 42.5 Å². The number of aryl methyl sites for hydroxylation is 1. The number of aromatic nitrogens is 2. The summed E-state index contributed by atoms with van der Waals surface area (Å²) in [4.78, 5) is 19.1. The third-order valence-corrected chi connectivity index (χ3v) is 7.00. The monoisotopic (exact) mass is 406 g/mol. The van der Waals surface area contributed by atoms with Crippen LogP contribution in [0.1, 0.15) is 25.7 Å². The van der Waals surface area contributed by atoms with Crippen LogP contribution < -0.4 is 4.74 Å². The van der Waals surface area contributed by atoms with E-state index in [2.05, 4.69) is 4.98 Å². The molecule has 8 nitrogen and oxygen atoms in total. The van der Waals surface area contributed by atoms with E-state index in [0.717, 1.165) is 12.2 Å². The van der Waals surface area contributed by atoms with Gasteiger partial charge in [0.25, 0.3) is 0 Å². The van der Waals surface area contributed by atoms with E-state index in [1.54, 1.807) is 35.4 Å². The number of methoxy groups -OCH3 is 1. The number of imidazole rings is 1. The van der Waals surface area contributed by atoms with Crippen LogP contribution in [0.3, 0.4) is 0 Å². The number of carbonyl (C=O) groups excluding carboxylic acids is 1. The molecule has 3 rings (SSSR count). The highest BCUT2D eigenvalue weighted by Crippen LogP contribution is 2.22. The van der Waals surface area contributed by atoms with Crippen molar-refractivity contribution in [3.63, 3.8) is 0 Å². The Bertz CT molecular complexity index is 916. The van der Waals surface area contributed by atoms with Crippen molar-refractivity contribution in [1.82, 2.24) is 18.8 Å². The quantitative estimate of drug-likeness (QED) is 0.727. The number of sulfonamides is 1. The zero-order chi connectivity index (χ0) is 20.3. The van der Waals surface area contributed by atoms with E-state index in [0.29, 0.717) is 18.8 Å². The normalized spacial score (nSPS) is 16.8. The smallest absolute Gasteiger partial charge is 0.245 e. The van der Waals surface area contributed by atoms with Gasteiger partial charge in [-0.05, 0) is 31.2 Å². The summed E-state index contributed by atoms with van der Waals surface area (Å²) in [5.41, 5.74) is 0. The maximum Gasteiger partial charge on any atom is 0.245 e. The van der Waals surface area contributed by atoms with Crippen molar-refractivity contribution in [2.45, 2.75) is 31.2 Å². The summed E-state index contributed by atoms with van der Waals surface area (Å²) < 4.78 is 34.1. The van der Waals surface area contributed by atoms with Crippen molar-refractivity contribution < 1.29 is 17.9 Å². The van der Waals surface area contributed by atoms with Crippen LogP contribution >= 0.6 is 0 Å². The summed E-state index contributed by atoms with van der Waals surface area (Å²) in [5, 5.41) is 0. The van der Waals surface area contributed by atoms with Crippen LogP contribution in [-0.2, 0) is 21.2 Å². The molecular weight excluding hydrogens is 380 g/mol. The number of ether oxygens (including phenoxy) is 1. The molecule has 2 heterocycles. The fraction of sp³-hybridized carbons (Fsp3) is 0.474. The molecule has 0 bridgehead atoms. The van der Waals surface area contributed by atoms with E-state index in [4.69, 9.17) is 4.74 Å². The second kappa shape index (κ2) is 8.32. The zero-order valence-corrected chi connectivity index (χ0v) is 17.2. The van der Waals surface area contributed by atoms with E-state index in [-0.39, 0.29) is 29.9 Å². The van der Waals surface area contributed by atoms with Crippen molar-refractivity contribution >= 4 is 15.9 Å². The van der Waals surface area contributed by atoms with Gasteiger partial charge >= 0.3 is 0 Å². The van der Waals surface area contributed by atoms with Crippen LogP contribution in [0.5, 0.6) is 5.75 Å². The number of hydrogen-bond donors (Lipinski definition) is 0. The second-order valence-electron chi connectivity index (χ2n) is 6.69. The van der Waals surface area contributed by atoms with Crippen molar-refractivity contribution in [2.24, 2.45) is 0 Å². The van der Waals surface area contributed by atoms with Crippen LogP contribution in [0.15, 0.2) is 41.6 Å². The molecule has 1 amide bonds. The predicted octanol–water partition coefficient (Wildman–Crippen LogP) is 1.55. The summed E-state index contributed by atoms with van der Waals surface area (Å²) in [5.74, 6) is 1.45. The van der Waals surface area contributed by atoms with E-state index in [9.17, 15) is 13.2 Å². The predicted molar refractivity (Wildman–Crippen MR) is 105 cm³/mol. The van der Waals surface area contributed by atoms with E-state index in [1.807, 2.05) is 24.6 Å². The third kappa shape index (κ3) is 3.90. The Balaban J connectivity index is 1.65. The molecule has 0 unspecified atom stereocenters. The Hall–Kier alpha value is -2.39. The van der Waals surface area contributed by atoms with Gasteiger partial charge in [0, 0.05) is 45.0 Å². The van der Waals surface area contributed by atoms with Crippen LogP contribution in [0.4, 0.5) is 0 Å². The highest BCUT2D eigenvalue weighted by Gasteiger charge is 2.32. The topological polar surface area (TPSA) is 84.7 Å². The van der Waals surface area contributed by atoms with E-state index in [1.165, 1.54) is 11.4 Å². The summed E-state index contributed by atoms with van der Waals surface area (Å²) in [6.07, 6.45) is 4.26. The Morgan fingerprint density at radius 2 is 1.82 bits per heavy atom. The molecule has 152 valence electrons. The number of carbonyl (C=O) groups is 1. The van der Waals surface area contributed by atoms with Gasteiger partial charge in [0.15, 0.2) is 0 Å². The number of nitrogens with zero attached hydrogens (tertiary/aromatic N) is 4. The first-order valence-corrected chi connectivity index (χ1v) is 10.8. The molecule has 1 aromatic carbocycles. The van der Waals surface area contributed by atoms with E-state index < -0.39 is 10.0 Å². The molecule has 0 radical (unpaired) electrons. The van der Waals surface area contributed by atoms with Gasteiger partial charge in [-0.15, -0.1) is 0 Å².